The third-order valence-corrected chi connectivity index (χ3v) is 5.24. The van der Waals surface area contributed by atoms with Gasteiger partial charge in [-0.15, -0.1) is 11.3 Å². The minimum atomic E-state index is -4.37. The smallest absolute Gasteiger partial charge is 0.422 e. The normalized spacial score (nSPS) is 11.8. The highest BCUT2D eigenvalue weighted by molar-refractivity contribution is 7.98. The molecule has 0 saturated carbocycles. The lowest BCUT2D eigenvalue weighted by atomic mass is 10.2. The number of ether oxygens (including phenoxy) is 1. The van der Waals surface area contributed by atoms with Crippen LogP contribution in [-0.2, 0) is 12.8 Å². The van der Waals surface area contributed by atoms with E-state index >= 15 is 0 Å². The molecule has 0 fully saturated rings. The zero-order valence-corrected chi connectivity index (χ0v) is 14.7. The van der Waals surface area contributed by atoms with Crippen molar-refractivity contribution in [2.24, 2.45) is 7.05 Å². The lowest BCUT2D eigenvalue weighted by Crippen LogP contribution is -2.19. The molecule has 9 heteroatoms. The highest BCUT2D eigenvalue weighted by Gasteiger charge is 2.28. The number of benzene rings is 1. The summed E-state index contributed by atoms with van der Waals surface area (Å²) < 4.78 is 42.9. The number of halogens is 3. The molecule has 4 nitrogen and oxygen atoms in total. The van der Waals surface area contributed by atoms with E-state index in [9.17, 15) is 18.0 Å². The summed E-state index contributed by atoms with van der Waals surface area (Å²) >= 11 is 2.74. The van der Waals surface area contributed by atoms with Gasteiger partial charge in [0.1, 0.15) is 10.6 Å². The minimum absolute atomic E-state index is 0.115. The van der Waals surface area contributed by atoms with Crippen molar-refractivity contribution in [3.05, 3.63) is 51.6 Å². The molecule has 0 radical (unpaired) electrons. The fourth-order valence-electron chi connectivity index (χ4n) is 2.15. The first kappa shape index (κ1) is 17.8. The van der Waals surface area contributed by atoms with Crippen molar-refractivity contribution in [1.82, 2.24) is 9.55 Å². The van der Waals surface area contributed by atoms with Gasteiger partial charge in [0.2, 0.25) is 0 Å². The molecule has 0 aliphatic carbocycles. The van der Waals surface area contributed by atoms with Gasteiger partial charge in [0.05, 0.1) is 5.39 Å². The first-order valence-electron chi connectivity index (χ1n) is 7.19. The number of thiophene rings is 1. The molecule has 132 valence electrons. The summed E-state index contributed by atoms with van der Waals surface area (Å²) in [5, 5.41) is 2.95. The largest absolute Gasteiger partial charge is 0.484 e. The van der Waals surface area contributed by atoms with Crippen molar-refractivity contribution in [1.29, 1.82) is 0 Å². The number of nitrogens with zero attached hydrogens (tertiary/aromatic N) is 2. The molecule has 0 unspecified atom stereocenters. The van der Waals surface area contributed by atoms with Crippen molar-refractivity contribution in [2.45, 2.75) is 17.1 Å². The predicted octanol–water partition coefficient (Wildman–Crippen LogP) is 4.23. The van der Waals surface area contributed by atoms with E-state index in [1.165, 1.54) is 33.7 Å². The van der Waals surface area contributed by atoms with Gasteiger partial charge >= 0.3 is 6.18 Å². The zero-order chi connectivity index (χ0) is 18.0. The molecule has 0 bridgehead atoms. The van der Waals surface area contributed by atoms with Gasteiger partial charge in [0.25, 0.3) is 5.56 Å². The van der Waals surface area contributed by atoms with E-state index in [4.69, 9.17) is 4.74 Å². The van der Waals surface area contributed by atoms with Crippen molar-refractivity contribution in [3.63, 3.8) is 0 Å². The summed E-state index contributed by atoms with van der Waals surface area (Å²) in [4.78, 5) is 17.4. The van der Waals surface area contributed by atoms with Crippen LogP contribution in [0.3, 0.4) is 0 Å². The molecule has 2 aromatic heterocycles. The Balaban J connectivity index is 1.74. The zero-order valence-electron chi connectivity index (χ0n) is 13.0. The molecule has 0 spiro atoms. The van der Waals surface area contributed by atoms with Gasteiger partial charge in [-0.3, -0.25) is 9.36 Å². The number of aromatic nitrogens is 2. The van der Waals surface area contributed by atoms with Crippen LogP contribution in [0.5, 0.6) is 5.75 Å². The average molecular weight is 386 g/mol. The molecule has 0 N–H and O–H groups in total. The van der Waals surface area contributed by atoms with Gasteiger partial charge in [-0.2, -0.15) is 13.2 Å². The summed E-state index contributed by atoms with van der Waals surface area (Å²) in [7, 11) is 1.65. The summed E-state index contributed by atoms with van der Waals surface area (Å²) in [6.45, 7) is -1.32. The summed E-state index contributed by atoms with van der Waals surface area (Å²) in [5.41, 5.74) is 0.668. The van der Waals surface area contributed by atoms with Gasteiger partial charge < -0.3 is 4.74 Å². The predicted molar refractivity (Wildman–Crippen MR) is 92.4 cm³/mol. The number of alkyl halides is 3. The second-order valence-electron chi connectivity index (χ2n) is 5.24. The first-order chi connectivity index (χ1) is 11.8. The molecule has 2 heterocycles. The molecule has 0 atom stereocenters. The van der Waals surface area contributed by atoms with E-state index in [0.29, 0.717) is 21.1 Å². The highest BCUT2D eigenvalue weighted by atomic mass is 32.2. The van der Waals surface area contributed by atoms with Crippen molar-refractivity contribution in [3.8, 4) is 5.75 Å². The Kier molecular flexibility index (Phi) is 5.05. The van der Waals surface area contributed by atoms with Gasteiger partial charge in [-0.05, 0) is 29.1 Å². The Labute approximate surface area is 149 Å². The van der Waals surface area contributed by atoms with Gasteiger partial charge in [-0.25, -0.2) is 4.98 Å². The standard InChI is InChI=1S/C16H13F3N2O2S2/c1-21-14(22)12-5-6-24-13(12)20-15(21)25-8-10-3-2-4-11(7-10)23-9-16(17,18)19/h2-7H,8-9H2,1H3. The molecule has 3 aromatic rings. The molecular weight excluding hydrogens is 373 g/mol. The fourth-order valence-corrected chi connectivity index (χ4v) is 3.87. The third-order valence-electron chi connectivity index (χ3n) is 3.33. The van der Waals surface area contributed by atoms with E-state index in [2.05, 4.69) is 4.98 Å². The van der Waals surface area contributed by atoms with E-state index < -0.39 is 12.8 Å². The van der Waals surface area contributed by atoms with E-state index in [0.717, 1.165) is 5.56 Å². The first-order valence-corrected chi connectivity index (χ1v) is 9.05. The van der Waals surface area contributed by atoms with E-state index in [-0.39, 0.29) is 11.3 Å². The van der Waals surface area contributed by atoms with E-state index in [1.54, 1.807) is 31.3 Å². The van der Waals surface area contributed by atoms with Gasteiger partial charge in [-0.1, -0.05) is 23.9 Å². The second kappa shape index (κ2) is 7.09. The topological polar surface area (TPSA) is 44.1 Å². The van der Waals surface area contributed by atoms with Crippen LogP contribution in [0.2, 0.25) is 0 Å². The van der Waals surface area contributed by atoms with Crippen LogP contribution in [0.15, 0.2) is 45.7 Å². The van der Waals surface area contributed by atoms with E-state index in [1.807, 2.05) is 5.38 Å². The van der Waals surface area contributed by atoms with Crippen LogP contribution < -0.4 is 10.3 Å². The third kappa shape index (κ3) is 4.35. The molecular formula is C16H13F3N2O2S2. The summed E-state index contributed by atoms with van der Waals surface area (Å²) in [6.07, 6.45) is -4.37. The number of thioether (sulfide) groups is 1. The average Bonchev–Trinajstić information content (AvgIpc) is 3.03. The van der Waals surface area contributed by atoms with Gasteiger partial charge in [0, 0.05) is 12.8 Å². The van der Waals surface area contributed by atoms with Crippen LogP contribution in [0.25, 0.3) is 10.2 Å². The maximum Gasteiger partial charge on any atom is 0.422 e. The molecule has 0 amide bonds. The van der Waals surface area contributed by atoms with Crippen molar-refractivity contribution >= 4 is 33.3 Å². The van der Waals surface area contributed by atoms with Crippen molar-refractivity contribution in [2.75, 3.05) is 6.61 Å². The number of fused-ring (bicyclic) bond motifs is 1. The molecule has 1 aromatic carbocycles. The lowest BCUT2D eigenvalue weighted by molar-refractivity contribution is -0.153. The maximum absolute atomic E-state index is 12.2. The van der Waals surface area contributed by atoms with Crippen LogP contribution in [-0.4, -0.2) is 22.3 Å². The quantitative estimate of drug-likeness (QED) is 0.486. The Morgan fingerprint density at radius 2 is 2.12 bits per heavy atom. The number of rotatable bonds is 5. The summed E-state index contributed by atoms with van der Waals surface area (Å²) in [6, 6.07) is 8.20. The molecule has 0 aliphatic rings. The Hall–Kier alpha value is -2.00. The number of hydrogen-bond acceptors (Lipinski definition) is 5. The second-order valence-corrected chi connectivity index (χ2v) is 7.07. The SMILES string of the molecule is Cn1c(SCc2cccc(OCC(F)(F)F)c2)nc2sccc2c1=O. The van der Waals surface area contributed by atoms with Gasteiger partial charge in [0.15, 0.2) is 11.8 Å². The monoisotopic (exact) mass is 386 g/mol. The van der Waals surface area contributed by atoms with Crippen LogP contribution >= 0.6 is 23.1 Å². The van der Waals surface area contributed by atoms with Crippen LogP contribution in [0, 0.1) is 0 Å². The van der Waals surface area contributed by atoms with Crippen LogP contribution in [0.1, 0.15) is 5.56 Å². The molecule has 0 saturated heterocycles. The minimum Gasteiger partial charge on any atom is -0.484 e. The number of hydrogen-bond donors (Lipinski definition) is 0. The molecule has 0 aliphatic heterocycles. The van der Waals surface area contributed by atoms with Crippen molar-refractivity contribution < 1.29 is 17.9 Å². The van der Waals surface area contributed by atoms with Crippen LogP contribution in [0.4, 0.5) is 13.2 Å². The Morgan fingerprint density at radius 3 is 2.88 bits per heavy atom. The highest BCUT2D eigenvalue weighted by Crippen LogP contribution is 2.25. The molecule has 3 rings (SSSR count). The summed E-state index contributed by atoms with van der Waals surface area (Å²) in [5.74, 6) is 0.617. The Bertz CT molecular complexity index is 950. The molecule has 25 heavy (non-hydrogen) atoms. The lowest BCUT2D eigenvalue weighted by Gasteiger charge is -2.10. The fraction of sp³-hybridized carbons (Fsp3) is 0.250. The Morgan fingerprint density at radius 1 is 1.32 bits per heavy atom. The maximum atomic E-state index is 12.2.